The van der Waals surface area contributed by atoms with Crippen molar-refractivity contribution in [1.29, 1.82) is 0 Å². The van der Waals surface area contributed by atoms with Crippen molar-refractivity contribution >= 4 is 23.5 Å². The summed E-state index contributed by atoms with van der Waals surface area (Å²) in [7, 11) is 1.73. The lowest BCUT2D eigenvalue weighted by Gasteiger charge is -2.02. The maximum Gasteiger partial charge on any atom is 0.258 e. The summed E-state index contributed by atoms with van der Waals surface area (Å²) >= 11 is 5.87. The summed E-state index contributed by atoms with van der Waals surface area (Å²) in [4.78, 5) is 16.5. The third-order valence-corrected chi connectivity index (χ3v) is 3.38. The fourth-order valence-corrected chi connectivity index (χ4v) is 2.10. The number of anilines is 1. The lowest BCUT2D eigenvalue weighted by molar-refractivity contribution is 0.102. The van der Waals surface area contributed by atoms with Crippen LogP contribution in [0.2, 0.25) is 5.02 Å². The zero-order chi connectivity index (χ0) is 15.5. The molecule has 0 spiro atoms. The number of hydrogen-bond acceptors (Lipinski definition) is 3. The maximum absolute atomic E-state index is 12.1. The highest BCUT2D eigenvalue weighted by Crippen LogP contribution is 2.20. The monoisotopic (exact) mass is 312 g/mol. The number of carbonyl (C=O) groups is 1. The van der Waals surface area contributed by atoms with Gasteiger partial charge < -0.3 is 0 Å². The van der Waals surface area contributed by atoms with Gasteiger partial charge in [-0.15, -0.1) is 5.10 Å². The summed E-state index contributed by atoms with van der Waals surface area (Å²) in [6, 6.07) is 16.2. The Morgan fingerprint density at radius 2 is 1.77 bits per heavy atom. The molecule has 2 aromatic carbocycles. The van der Waals surface area contributed by atoms with E-state index in [4.69, 9.17) is 11.6 Å². The predicted octanol–water partition coefficient (Wildman–Crippen LogP) is 3.39. The predicted molar refractivity (Wildman–Crippen MR) is 85.8 cm³/mol. The first-order valence-electron chi connectivity index (χ1n) is 6.67. The largest absolute Gasteiger partial charge is 0.291 e. The van der Waals surface area contributed by atoms with E-state index in [0.717, 1.165) is 5.56 Å². The van der Waals surface area contributed by atoms with Crippen LogP contribution in [0.4, 0.5) is 5.95 Å². The van der Waals surface area contributed by atoms with Gasteiger partial charge in [-0.05, 0) is 36.4 Å². The van der Waals surface area contributed by atoms with Crippen molar-refractivity contribution in [2.45, 2.75) is 0 Å². The SMILES string of the molecule is Cn1nc(-c2ccc(Cl)cc2)nc1NC(=O)c1ccccc1. The van der Waals surface area contributed by atoms with E-state index in [0.29, 0.717) is 22.4 Å². The van der Waals surface area contributed by atoms with Crippen LogP contribution in [0.15, 0.2) is 54.6 Å². The van der Waals surface area contributed by atoms with Gasteiger partial charge in [0, 0.05) is 23.2 Å². The number of halogens is 1. The summed E-state index contributed by atoms with van der Waals surface area (Å²) in [5.41, 5.74) is 1.40. The van der Waals surface area contributed by atoms with E-state index >= 15 is 0 Å². The van der Waals surface area contributed by atoms with Crippen molar-refractivity contribution in [3.05, 3.63) is 65.2 Å². The van der Waals surface area contributed by atoms with Crippen molar-refractivity contribution in [3.8, 4) is 11.4 Å². The van der Waals surface area contributed by atoms with Crippen LogP contribution in [-0.2, 0) is 7.05 Å². The number of aromatic nitrogens is 3. The van der Waals surface area contributed by atoms with Crippen molar-refractivity contribution < 1.29 is 4.79 Å². The Morgan fingerprint density at radius 1 is 1.09 bits per heavy atom. The Morgan fingerprint density at radius 3 is 2.45 bits per heavy atom. The number of carbonyl (C=O) groups excluding carboxylic acids is 1. The lowest BCUT2D eigenvalue weighted by atomic mass is 10.2. The number of nitrogens with zero attached hydrogens (tertiary/aromatic N) is 3. The standard InChI is InChI=1S/C16H13ClN4O/c1-21-16(19-15(22)12-5-3-2-4-6-12)18-14(20-21)11-7-9-13(17)10-8-11/h2-10H,1H3,(H,18,19,20,22). The van der Waals surface area contributed by atoms with E-state index in [-0.39, 0.29) is 5.91 Å². The molecule has 22 heavy (non-hydrogen) atoms. The molecule has 0 saturated heterocycles. The molecule has 1 aromatic heterocycles. The van der Waals surface area contributed by atoms with Crippen molar-refractivity contribution in [2.24, 2.45) is 7.05 Å². The number of benzene rings is 2. The molecule has 110 valence electrons. The zero-order valence-electron chi connectivity index (χ0n) is 11.8. The first-order valence-corrected chi connectivity index (χ1v) is 7.04. The molecule has 1 heterocycles. The minimum absolute atomic E-state index is 0.223. The van der Waals surface area contributed by atoms with E-state index in [2.05, 4.69) is 15.4 Å². The van der Waals surface area contributed by atoms with Gasteiger partial charge in [0.15, 0.2) is 5.82 Å². The number of rotatable bonds is 3. The average Bonchev–Trinajstić information content (AvgIpc) is 2.90. The van der Waals surface area contributed by atoms with Gasteiger partial charge in [0.25, 0.3) is 5.91 Å². The molecule has 1 amide bonds. The van der Waals surface area contributed by atoms with Gasteiger partial charge in [-0.3, -0.25) is 10.1 Å². The molecule has 0 aliphatic heterocycles. The van der Waals surface area contributed by atoms with Gasteiger partial charge in [0.1, 0.15) is 0 Å². The molecule has 0 aliphatic carbocycles. The molecule has 3 rings (SSSR count). The topological polar surface area (TPSA) is 59.8 Å². The summed E-state index contributed by atoms with van der Waals surface area (Å²) in [6.07, 6.45) is 0. The van der Waals surface area contributed by atoms with Crippen molar-refractivity contribution in [3.63, 3.8) is 0 Å². The normalized spacial score (nSPS) is 10.5. The number of nitrogens with one attached hydrogen (secondary N) is 1. The quantitative estimate of drug-likeness (QED) is 0.806. The van der Waals surface area contributed by atoms with Crippen LogP contribution in [-0.4, -0.2) is 20.7 Å². The Labute approximate surface area is 132 Å². The highest BCUT2D eigenvalue weighted by Gasteiger charge is 2.13. The highest BCUT2D eigenvalue weighted by atomic mass is 35.5. The van der Waals surface area contributed by atoms with Gasteiger partial charge in [-0.25, -0.2) is 4.68 Å². The van der Waals surface area contributed by atoms with Crippen molar-refractivity contribution in [2.75, 3.05) is 5.32 Å². The summed E-state index contributed by atoms with van der Waals surface area (Å²) in [5, 5.41) is 7.71. The van der Waals surface area contributed by atoms with Gasteiger partial charge in [-0.2, -0.15) is 4.98 Å². The minimum Gasteiger partial charge on any atom is -0.291 e. The van der Waals surface area contributed by atoms with Crippen molar-refractivity contribution in [1.82, 2.24) is 14.8 Å². The van der Waals surface area contributed by atoms with Gasteiger partial charge >= 0.3 is 0 Å². The number of amides is 1. The van der Waals surface area contributed by atoms with E-state index < -0.39 is 0 Å². The fraction of sp³-hybridized carbons (Fsp3) is 0.0625. The molecule has 0 bridgehead atoms. The van der Waals surface area contributed by atoms with Gasteiger partial charge in [0.05, 0.1) is 0 Å². The van der Waals surface area contributed by atoms with Gasteiger partial charge in [-0.1, -0.05) is 29.8 Å². The molecule has 1 N–H and O–H groups in total. The molecule has 5 nitrogen and oxygen atoms in total. The molecule has 3 aromatic rings. The van der Waals surface area contributed by atoms with Crippen LogP contribution in [0.25, 0.3) is 11.4 Å². The highest BCUT2D eigenvalue weighted by molar-refractivity contribution is 6.30. The van der Waals surface area contributed by atoms with Gasteiger partial charge in [0.2, 0.25) is 5.95 Å². The van der Waals surface area contributed by atoms with Crippen LogP contribution >= 0.6 is 11.6 Å². The molecule has 0 unspecified atom stereocenters. The second-order valence-electron chi connectivity index (χ2n) is 4.71. The Balaban J connectivity index is 1.84. The van der Waals surface area contributed by atoms with Crippen LogP contribution in [0.1, 0.15) is 10.4 Å². The first kappa shape index (κ1) is 14.3. The number of hydrogen-bond donors (Lipinski definition) is 1. The Bertz CT molecular complexity index is 797. The molecule has 0 radical (unpaired) electrons. The molecular weight excluding hydrogens is 300 g/mol. The van der Waals surface area contributed by atoms with E-state index in [1.54, 1.807) is 31.3 Å². The van der Waals surface area contributed by atoms with E-state index in [9.17, 15) is 4.79 Å². The Kier molecular flexibility index (Phi) is 3.89. The molecule has 6 heteroatoms. The maximum atomic E-state index is 12.1. The fourth-order valence-electron chi connectivity index (χ4n) is 1.98. The molecule has 0 atom stereocenters. The molecule has 0 fully saturated rings. The summed E-state index contributed by atoms with van der Waals surface area (Å²) in [5.74, 6) is 0.695. The van der Waals surface area contributed by atoms with Crippen LogP contribution in [0.3, 0.4) is 0 Å². The van der Waals surface area contributed by atoms with E-state index in [1.165, 1.54) is 4.68 Å². The third kappa shape index (κ3) is 2.99. The smallest absolute Gasteiger partial charge is 0.258 e. The second-order valence-corrected chi connectivity index (χ2v) is 5.15. The molecule has 0 saturated carbocycles. The van der Waals surface area contributed by atoms with Crippen LogP contribution in [0.5, 0.6) is 0 Å². The Hall–Kier alpha value is -2.66. The van der Waals surface area contributed by atoms with Crippen LogP contribution in [0, 0.1) is 0 Å². The minimum atomic E-state index is -0.223. The molecular formula is C16H13ClN4O. The average molecular weight is 313 g/mol. The van der Waals surface area contributed by atoms with E-state index in [1.807, 2.05) is 30.3 Å². The lowest BCUT2D eigenvalue weighted by Crippen LogP contribution is -2.15. The number of aryl methyl sites for hydroxylation is 1. The summed E-state index contributed by atoms with van der Waals surface area (Å²) < 4.78 is 1.53. The summed E-state index contributed by atoms with van der Waals surface area (Å²) in [6.45, 7) is 0. The first-order chi connectivity index (χ1) is 10.6. The zero-order valence-corrected chi connectivity index (χ0v) is 12.6. The van der Waals surface area contributed by atoms with Crippen LogP contribution < -0.4 is 5.32 Å². The second kappa shape index (κ2) is 5.99. The third-order valence-electron chi connectivity index (χ3n) is 3.13. The molecule has 0 aliphatic rings.